The normalized spacial score (nSPS) is 15.1. The summed E-state index contributed by atoms with van der Waals surface area (Å²) in [5.41, 5.74) is 4.11. The molecule has 0 spiro atoms. The Bertz CT molecular complexity index is 1320. The summed E-state index contributed by atoms with van der Waals surface area (Å²) in [6.45, 7) is 5.59. The number of nitrogens with zero attached hydrogens (tertiary/aromatic N) is 4. The van der Waals surface area contributed by atoms with E-state index >= 15 is 0 Å². The molecule has 1 atom stereocenters. The summed E-state index contributed by atoms with van der Waals surface area (Å²) in [4.78, 5) is 19.9. The molecule has 1 N–H and O–H groups in total. The first-order valence-corrected chi connectivity index (χ1v) is 11.9. The van der Waals surface area contributed by atoms with Gasteiger partial charge in [0.15, 0.2) is 0 Å². The predicted octanol–water partition coefficient (Wildman–Crippen LogP) is 5.15. The number of H-pyrrole nitrogens is 1. The number of aromatic nitrogens is 4. The lowest BCUT2D eigenvalue weighted by molar-refractivity contribution is 0.0979. The van der Waals surface area contributed by atoms with E-state index in [-0.39, 0.29) is 18.7 Å². The van der Waals surface area contributed by atoms with Gasteiger partial charge in [0.25, 0.3) is 0 Å². The molecular weight excluding hydrogens is 466 g/mol. The van der Waals surface area contributed by atoms with Crippen LogP contribution in [0.15, 0.2) is 67.5 Å². The number of halogens is 1. The molecule has 1 amide bonds. The van der Waals surface area contributed by atoms with Crippen LogP contribution in [-0.2, 0) is 17.7 Å². The van der Waals surface area contributed by atoms with Gasteiger partial charge < -0.3 is 14.5 Å². The number of fused-ring (bicyclic) bond motifs is 3. The summed E-state index contributed by atoms with van der Waals surface area (Å²) >= 11 is 6.28. The van der Waals surface area contributed by atoms with Gasteiger partial charge in [-0.1, -0.05) is 36.4 Å². The predicted molar refractivity (Wildman–Crippen MR) is 134 cm³/mol. The molecular formula is C26H26ClN5O3. The number of benzene rings is 2. The van der Waals surface area contributed by atoms with E-state index in [0.717, 1.165) is 34.3 Å². The molecule has 0 aliphatic carbocycles. The van der Waals surface area contributed by atoms with Gasteiger partial charge in [-0.05, 0) is 47.9 Å². The van der Waals surface area contributed by atoms with Crippen LogP contribution in [0.1, 0.15) is 29.3 Å². The van der Waals surface area contributed by atoms with Crippen LogP contribution in [0.2, 0.25) is 5.02 Å². The maximum absolute atomic E-state index is 12.9. The smallest absolute Gasteiger partial charge is 0.410 e. The zero-order chi connectivity index (χ0) is 24.2. The molecule has 4 aromatic rings. The summed E-state index contributed by atoms with van der Waals surface area (Å²) in [5, 5.41) is 9.96. The Morgan fingerprint density at radius 2 is 2.00 bits per heavy atom. The van der Waals surface area contributed by atoms with Crippen molar-refractivity contribution in [1.82, 2.24) is 24.9 Å². The van der Waals surface area contributed by atoms with E-state index in [0.29, 0.717) is 31.1 Å². The molecule has 9 heteroatoms. The van der Waals surface area contributed by atoms with Gasteiger partial charge in [-0.15, -0.1) is 0 Å². The minimum Gasteiger partial charge on any atom is -0.494 e. The minimum absolute atomic E-state index is 0.165. The lowest BCUT2D eigenvalue weighted by atomic mass is 9.92. The van der Waals surface area contributed by atoms with Crippen molar-refractivity contribution >= 4 is 28.6 Å². The molecule has 8 nitrogen and oxygen atoms in total. The lowest BCUT2D eigenvalue weighted by Crippen LogP contribution is -2.41. The fourth-order valence-electron chi connectivity index (χ4n) is 4.52. The zero-order valence-electron chi connectivity index (χ0n) is 19.2. The average Bonchev–Trinajstić information content (AvgIpc) is 3.52. The number of nitrogens with one attached hydrogen (secondary N) is 1. The third-order valence-corrected chi connectivity index (χ3v) is 6.32. The van der Waals surface area contributed by atoms with Gasteiger partial charge in [-0.2, -0.15) is 15.0 Å². The number of ether oxygens (including phenoxy) is 2. The third-order valence-electron chi connectivity index (χ3n) is 6.08. The van der Waals surface area contributed by atoms with Gasteiger partial charge in [0.1, 0.15) is 18.4 Å². The molecule has 2 aromatic carbocycles. The average molecular weight is 492 g/mol. The second-order valence-electron chi connectivity index (χ2n) is 8.31. The molecule has 1 aliphatic rings. The number of carbonyl (C=O) groups is 1. The number of hydrogen-bond acceptors (Lipinski definition) is 5. The molecule has 2 aromatic heterocycles. The van der Waals surface area contributed by atoms with Gasteiger partial charge in [0, 0.05) is 34.6 Å². The van der Waals surface area contributed by atoms with Crippen LogP contribution in [0.3, 0.4) is 0 Å². The number of rotatable bonds is 8. The van der Waals surface area contributed by atoms with E-state index in [2.05, 4.69) is 21.8 Å². The Morgan fingerprint density at radius 3 is 2.77 bits per heavy atom. The highest BCUT2D eigenvalue weighted by Gasteiger charge is 2.35. The molecule has 35 heavy (non-hydrogen) atoms. The Labute approximate surface area is 208 Å². The zero-order valence-corrected chi connectivity index (χ0v) is 19.9. The van der Waals surface area contributed by atoms with Crippen molar-refractivity contribution in [2.45, 2.75) is 25.4 Å². The van der Waals surface area contributed by atoms with E-state index in [9.17, 15) is 4.79 Å². The second-order valence-corrected chi connectivity index (χ2v) is 8.75. The highest BCUT2D eigenvalue weighted by atomic mass is 35.5. The molecule has 5 rings (SSSR count). The van der Waals surface area contributed by atoms with Gasteiger partial charge in [0.2, 0.25) is 0 Å². The standard InChI is InChI=1S/C26H26ClN5O3/c1-2-15-35-26(33)31-14-10-21-22-17-19(27)6-9-23(22)30-24(21)25(31)18-4-7-20(8-5-18)34-16-3-13-32-28-11-12-29-32/h2,4-9,11-12,17,25,30H,1,3,10,13-16H2. The van der Waals surface area contributed by atoms with Crippen molar-refractivity contribution in [1.29, 1.82) is 0 Å². The van der Waals surface area contributed by atoms with E-state index in [1.165, 1.54) is 5.56 Å². The fourth-order valence-corrected chi connectivity index (χ4v) is 4.69. The van der Waals surface area contributed by atoms with E-state index in [4.69, 9.17) is 21.1 Å². The van der Waals surface area contributed by atoms with Gasteiger partial charge >= 0.3 is 6.09 Å². The third kappa shape index (κ3) is 4.88. The Balaban J connectivity index is 1.39. The summed E-state index contributed by atoms with van der Waals surface area (Å²) in [7, 11) is 0. The SMILES string of the molecule is C=CCOC(=O)N1CCc2c([nH]c3ccc(Cl)cc23)C1c1ccc(OCCCn2nccn2)cc1. The summed E-state index contributed by atoms with van der Waals surface area (Å²) < 4.78 is 11.3. The van der Waals surface area contributed by atoms with Crippen LogP contribution < -0.4 is 4.74 Å². The van der Waals surface area contributed by atoms with Gasteiger partial charge in [-0.25, -0.2) is 4.79 Å². The molecule has 0 bridgehead atoms. The molecule has 0 saturated carbocycles. The van der Waals surface area contributed by atoms with Crippen molar-refractivity contribution in [2.75, 3.05) is 19.8 Å². The van der Waals surface area contributed by atoms with Crippen LogP contribution in [-0.4, -0.2) is 50.7 Å². The second kappa shape index (κ2) is 10.2. The number of carbonyl (C=O) groups excluding carboxylic acids is 1. The Kier molecular flexibility index (Phi) is 6.72. The molecule has 1 aliphatic heterocycles. The van der Waals surface area contributed by atoms with Crippen molar-refractivity contribution in [3.63, 3.8) is 0 Å². The quantitative estimate of drug-likeness (QED) is 0.272. The number of aryl methyl sites for hydroxylation is 1. The van der Waals surface area contributed by atoms with Crippen molar-refractivity contribution in [3.05, 3.63) is 89.4 Å². The molecule has 3 heterocycles. The summed E-state index contributed by atoms with van der Waals surface area (Å²) in [6.07, 6.45) is 6.03. The van der Waals surface area contributed by atoms with Crippen molar-refractivity contribution in [3.8, 4) is 5.75 Å². The van der Waals surface area contributed by atoms with E-state index < -0.39 is 0 Å². The first-order valence-electron chi connectivity index (χ1n) is 11.5. The lowest BCUT2D eigenvalue weighted by Gasteiger charge is -2.35. The van der Waals surface area contributed by atoms with Crippen molar-refractivity contribution < 1.29 is 14.3 Å². The van der Waals surface area contributed by atoms with Crippen LogP contribution in [0, 0.1) is 0 Å². The largest absolute Gasteiger partial charge is 0.494 e. The Morgan fingerprint density at radius 1 is 1.20 bits per heavy atom. The summed E-state index contributed by atoms with van der Waals surface area (Å²) in [5.74, 6) is 0.766. The molecule has 180 valence electrons. The first-order chi connectivity index (χ1) is 17.1. The van der Waals surface area contributed by atoms with Gasteiger partial charge in [-0.3, -0.25) is 4.90 Å². The maximum atomic E-state index is 12.9. The fraction of sp³-hybridized carbons (Fsp3) is 0.269. The number of aromatic amines is 1. The highest BCUT2D eigenvalue weighted by Crippen LogP contribution is 2.39. The van der Waals surface area contributed by atoms with Gasteiger partial charge in [0.05, 0.1) is 25.5 Å². The molecule has 1 unspecified atom stereocenters. The van der Waals surface area contributed by atoms with E-state index in [1.807, 2.05) is 42.5 Å². The molecule has 0 saturated heterocycles. The molecule has 0 fully saturated rings. The van der Waals surface area contributed by atoms with Crippen molar-refractivity contribution in [2.24, 2.45) is 0 Å². The highest BCUT2D eigenvalue weighted by molar-refractivity contribution is 6.31. The maximum Gasteiger partial charge on any atom is 0.410 e. The number of amides is 1. The topological polar surface area (TPSA) is 85.3 Å². The van der Waals surface area contributed by atoms with Crippen LogP contribution in [0.5, 0.6) is 5.75 Å². The number of hydrogen-bond donors (Lipinski definition) is 1. The van der Waals surface area contributed by atoms with Crippen LogP contribution in [0.4, 0.5) is 4.79 Å². The van der Waals surface area contributed by atoms with Crippen LogP contribution >= 0.6 is 11.6 Å². The monoisotopic (exact) mass is 491 g/mol. The molecule has 0 radical (unpaired) electrons. The summed E-state index contributed by atoms with van der Waals surface area (Å²) in [6, 6.07) is 13.4. The minimum atomic E-state index is -0.371. The van der Waals surface area contributed by atoms with E-state index in [1.54, 1.807) is 28.2 Å². The Hall–Kier alpha value is -3.78. The first kappa shape index (κ1) is 23.0. The van der Waals surface area contributed by atoms with Crippen LogP contribution in [0.25, 0.3) is 10.9 Å².